The summed E-state index contributed by atoms with van der Waals surface area (Å²) in [7, 11) is 1.43. The molecule has 0 radical (unpaired) electrons. The molecule has 0 unspecified atom stereocenters. The fourth-order valence-electron chi connectivity index (χ4n) is 1.25. The second-order valence-electron chi connectivity index (χ2n) is 4.76. The molecule has 7 nitrogen and oxygen atoms in total. The Morgan fingerprint density at radius 2 is 2.17 bits per heavy atom. The molecule has 1 amide bonds. The van der Waals surface area contributed by atoms with E-state index in [1.807, 2.05) is 0 Å². The lowest BCUT2D eigenvalue weighted by atomic mass is 10.2. The third kappa shape index (κ3) is 3.85. The monoisotopic (exact) mass is 255 g/mol. The lowest BCUT2D eigenvalue weighted by Crippen LogP contribution is -2.31. The lowest BCUT2D eigenvalue weighted by molar-refractivity contribution is 0.0635. The Kier molecular flexibility index (Phi) is 4.07. The van der Waals surface area contributed by atoms with Crippen molar-refractivity contribution in [2.75, 3.05) is 5.32 Å². The number of aryl methyl sites for hydroxylation is 1. The first-order chi connectivity index (χ1) is 8.23. The van der Waals surface area contributed by atoms with Crippen molar-refractivity contribution in [1.29, 1.82) is 0 Å². The molecule has 1 rings (SSSR count). The van der Waals surface area contributed by atoms with Gasteiger partial charge in [-0.15, -0.1) is 0 Å². The number of nitrogens with zero attached hydrogens (tertiary/aromatic N) is 2. The number of carbonyl (C=O) groups excluding carboxylic acids is 1. The summed E-state index contributed by atoms with van der Waals surface area (Å²) in [5.74, 6) is 0. The highest BCUT2D eigenvalue weighted by Crippen LogP contribution is 2.09. The Morgan fingerprint density at radius 3 is 2.67 bits per heavy atom. The number of nitrogens with one attached hydrogen (secondary N) is 1. The summed E-state index contributed by atoms with van der Waals surface area (Å²) in [6.45, 7) is 4.83. The average Bonchev–Trinajstić information content (AvgIpc) is 2.21. The van der Waals surface area contributed by atoms with Crippen molar-refractivity contribution in [3.8, 4) is 0 Å². The number of amides is 1. The minimum absolute atomic E-state index is 0.0193. The van der Waals surface area contributed by atoms with Crippen molar-refractivity contribution in [2.45, 2.75) is 33.0 Å². The summed E-state index contributed by atoms with van der Waals surface area (Å²) in [4.78, 5) is 23.2. The second-order valence-corrected chi connectivity index (χ2v) is 4.76. The Morgan fingerprint density at radius 1 is 1.56 bits per heavy atom. The van der Waals surface area contributed by atoms with E-state index in [1.54, 1.807) is 20.8 Å². The molecule has 0 atom stereocenters. The SMILES string of the molecule is Cn1nc(CO)cc(NC(=O)OC(C)(C)C)c1=O. The van der Waals surface area contributed by atoms with Gasteiger partial charge in [0.2, 0.25) is 0 Å². The molecule has 0 fully saturated rings. The third-order valence-electron chi connectivity index (χ3n) is 1.91. The number of aliphatic hydroxyl groups is 1. The first kappa shape index (κ1) is 14.2. The Hall–Kier alpha value is -1.89. The predicted octanol–water partition coefficient (Wildman–Crippen LogP) is 0.620. The van der Waals surface area contributed by atoms with E-state index in [2.05, 4.69) is 10.4 Å². The van der Waals surface area contributed by atoms with Crippen molar-refractivity contribution >= 4 is 11.8 Å². The fourth-order valence-corrected chi connectivity index (χ4v) is 1.25. The molecule has 18 heavy (non-hydrogen) atoms. The zero-order valence-electron chi connectivity index (χ0n) is 10.9. The summed E-state index contributed by atoms with van der Waals surface area (Å²) in [5, 5.41) is 15.1. The summed E-state index contributed by atoms with van der Waals surface area (Å²) >= 11 is 0. The number of ether oxygens (including phenoxy) is 1. The summed E-state index contributed by atoms with van der Waals surface area (Å²) < 4.78 is 6.07. The molecule has 0 aromatic carbocycles. The van der Waals surface area contributed by atoms with Crippen LogP contribution in [0.4, 0.5) is 10.5 Å². The van der Waals surface area contributed by atoms with Gasteiger partial charge in [0.1, 0.15) is 11.3 Å². The van der Waals surface area contributed by atoms with Gasteiger partial charge in [0.05, 0.1) is 12.3 Å². The number of hydrogen-bond donors (Lipinski definition) is 2. The van der Waals surface area contributed by atoms with Crippen LogP contribution in [-0.2, 0) is 18.4 Å². The minimum Gasteiger partial charge on any atom is -0.444 e. The summed E-state index contributed by atoms with van der Waals surface area (Å²) in [5.41, 5.74) is -0.825. The molecule has 100 valence electrons. The van der Waals surface area contributed by atoms with Gasteiger partial charge >= 0.3 is 6.09 Å². The second kappa shape index (κ2) is 5.18. The van der Waals surface area contributed by atoms with Gasteiger partial charge in [0.15, 0.2) is 0 Å². The van der Waals surface area contributed by atoms with Crippen LogP contribution in [0.15, 0.2) is 10.9 Å². The van der Waals surface area contributed by atoms with E-state index < -0.39 is 17.3 Å². The van der Waals surface area contributed by atoms with E-state index in [1.165, 1.54) is 13.1 Å². The van der Waals surface area contributed by atoms with Gasteiger partial charge in [-0.05, 0) is 26.8 Å². The van der Waals surface area contributed by atoms with E-state index in [0.717, 1.165) is 4.68 Å². The maximum atomic E-state index is 11.7. The van der Waals surface area contributed by atoms with E-state index in [4.69, 9.17) is 9.84 Å². The van der Waals surface area contributed by atoms with E-state index in [0.29, 0.717) is 0 Å². The number of hydrogen-bond acceptors (Lipinski definition) is 5. The molecular weight excluding hydrogens is 238 g/mol. The normalized spacial score (nSPS) is 11.2. The molecule has 0 saturated heterocycles. The summed E-state index contributed by atoms with van der Waals surface area (Å²) in [6, 6.07) is 1.31. The quantitative estimate of drug-likeness (QED) is 0.808. The number of anilines is 1. The standard InChI is InChI=1S/C11H17N3O4/c1-11(2,3)18-10(17)12-8-5-7(6-15)13-14(4)9(8)16/h5,15H,6H2,1-4H3,(H,12,17). The van der Waals surface area contributed by atoms with Gasteiger partial charge in [-0.2, -0.15) is 5.10 Å². The Balaban J connectivity index is 2.94. The topological polar surface area (TPSA) is 93.5 Å². The minimum atomic E-state index is -0.727. The third-order valence-corrected chi connectivity index (χ3v) is 1.91. The summed E-state index contributed by atoms with van der Waals surface area (Å²) in [6.07, 6.45) is -0.727. The van der Waals surface area contributed by atoms with Crippen LogP contribution >= 0.6 is 0 Å². The number of rotatable bonds is 2. The molecule has 0 aliphatic heterocycles. The molecule has 2 N–H and O–H groups in total. The molecular formula is C11H17N3O4. The number of aromatic nitrogens is 2. The number of carbonyl (C=O) groups is 1. The maximum absolute atomic E-state index is 11.7. The molecule has 7 heteroatoms. The van der Waals surface area contributed by atoms with Gasteiger partial charge in [0, 0.05) is 7.05 Å². The highest BCUT2D eigenvalue weighted by Gasteiger charge is 2.17. The number of aliphatic hydroxyl groups excluding tert-OH is 1. The van der Waals surface area contributed by atoms with Crippen molar-refractivity contribution in [3.63, 3.8) is 0 Å². The van der Waals surface area contributed by atoms with Crippen molar-refractivity contribution in [1.82, 2.24) is 9.78 Å². The molecule has 1 aromatic heterocycles. The van der Waals surface area contributed by atoms with Crippen LogP contribution in [0.5, 0.6) is 0 Å². The van der Waals surface area contributed by atoms with E-state index >= 15 is 0 Å². The predicted molar refractivity (Wildman–Crippen MR) is 65.3 cm³/mol. The molecule has 0 aliphatic carbocycles. The van der Waals surface area contributed by atoms with Crippen LogP contribution in [0.2, 0.25) is 0 Å². The Labute approximate surface area is 104 Å². The largest absolute Gasteiger partial charge is 0.444 e. The zero-order chi connectivity index (χ0) is 13.9. The highest BCUT2D eigenvalue weighted by molar-refractivity contribution is 5.84. The highest BCUT2D eigenvalue weighted by atomic mass is 16.6. The first-order valence-electron chi connectivity index (χ1n) is 5.41. The van der Waals surface area contributed by atoms with E-state index in [-0.39, 0.29) is 18.0 Å². The van der Waals surface area contributed by atoms with Crippen molar-refractivity contribution in [3.05, 3.63) is 22.1 Å². The van der Waals surface area contributed by atoms with Crippen LogP contribution in [0, 0.1) is 0 Å². The van der Waals surface area contributed by atoms with Crippen LogP contribution in [-0.4, -0.2) is 26.6 Å². The molecule has 0 aliphatic rings. The van der Waals surface area contributed by atoms with Gasteiger partial charge in [-0.1, -0.05) is 0 Å². The average molecular weight is 255 g/mol. The van der Waals surface area contributed by atoms with Gasteiger partial charge in [-0.3, -0.25) is 10.1 Å². The van der Waals surface area contributed by atoms with Gasteiger partial charge < -0.3 is 9.84 Å². The van der Waals surface area contributed by atoms with Crippen molar-refractivity contribution < 1.29 is 14.6 Å². The zero-order valence-corrected chi connectivity index (χ0v) is 10.9. The lowest BCUT2D eigenvalue weighted by Gasteiger charge is -2.19. The van der Waals surface area contributed by atoms with Gasteiger partial charge in [0.25, 0.3) is 5.56 Å². The van der Waals surface area contributed by atoms with Crippen LogP contribution in [0.3, 0.4) is 0 Å². The van der Waals surface area contributed by atoms with Gasteiger partial charge in [-0.25, -0.2) is 9.48 Å². The first-order valence-corrected chi connectivity index (χ1v) is 5.41. The Bertz CT molecular complexity index is 502. The maximum Gasteiger partial charge on any atom is 0.412 e. The molecule has 0 spiro atoms. The molecule has 0 bridgehead atoms. The van der Waals surface area contributed by atoms with Crippen LogP contribution < -0.4 is 10.9 Å². The fraction of sp³-hybridized carbons (Fsp3) is 0.545. The van der Waals surface area contributed by atoms with Crippen LogP contribution in [0.25, 0.3) is 0 Å². The molecule has 0 saturated carbocycles. The molecule has 1 aromatic rings. The van der Waals surface area contributed by atoms with E-state index in [9.17, 15) is 9.59 Å². The molecule has 1 heterocycles. The van der Waals surface area contributed by atoms with Crippen molar-refractivity contribution in [2.24, 2.45) is 7.05 Å². The van der Waals surface area contributed by atoms with Crippen LogP contribution in [0.1, 0.15) is 26.5 Å². The smallest absolute Gasteiger partial charge is 0.412 e.